The average Bonchev–Trinajstić information content (AvgIpc) is 2.57. The van der Waals surface area contributed by atoms with E-state index in [0.29, 0.717) is 12.5 Å². The Labute approximate surface area is 124 Å². The predicted octanol–water partition coefficient (Wildman–Crippen LogP) is 2.33. The number of hydrogen-bond donors (Lipinski definition) is 1. The Morgan fingerprint density at radius 3 is 2.67 bits per heavy atom. The van der Waals surface area contributed by atoms with Crippen molar-refractivity contribution >= 4 is 17.5 Å². The Kier molecular flexibility index (Phi) is 4.09. The van der Waals surface area contributed by atoms with Crippen LogP contribution in [-0.4, -0.2) is 29.0 Å². The van der Waals surface area contributed by atoms with Crippen LogP contribution in [0.1, 0.15) is 12.8 Å². The van der Waals surface area contributed by atoms with Crippen molar-refractivity contribution in [2.75, 3.05) is 23.3 Å². The first-order valence-corrected chi connectivity index (χ1v) is 7.21. The zero-order valence-electron chi connectivity index (χ0n) is 11.8. The number of anilines is 2. The molecule has 0 spiro atoms. The quantitative estimate of drug-likeness (QED) is 0.938. The third kappa shape index (κ3) is 3.37. The van der Waals surface area contributed by atoms with Gasteiger partial charge in [-0.3, -0.25) is 4.79 Å². The van der Waals surface area contributed by atoms with Crippen LogP contribution < -0.4 is 10.2 Å². The van der Waals surface area contributed by atoms with E-state index >= 15 is 0 Å². The molecular formula is C16H18N4O. The third-order valence-electron chi connectivity index (χ3n) is 3.67. The second-order valence-electron chi connectivity index (χ2n) is 5.19. The maximum Gasteiger partial charge on any atom is 0.229 e. The molecule has 3 rings (SSSR count). The number of nitrogens with zero attached hydrogens (tertiary/aromatic N) is 3. The molecular weight excluding hydrogens is 264 g/mol. The van der Waals surface area contributed by atoms with Crippen molar-refractivity contribution in [2.45, 2.75) is 12.8 Å². The van der Waals surface area contributed by atoms with E-state index in [4.69, 9.17) is 0 Å². The van der Waals surface area contributed by atoms with Gasteiger partial charge in [-0.05, 0) is 31.0 Å². The largest absolute Gasteiger partial charge is 0.340 e. The Morgan fingerprint density at radius 1 is 1.14 bits per heavy atom. The van der Waals surface area contributed by atoms with Crippen molar-refractivity contribution in [1.82, 2.24) is 9.97 Å². The van der Waals surface area contributed by atoms with E-state index in [-0.39, 0.29) is 11.8 Å². The number of hydrogen-bond acceptors (Lipinski definition) is 4. The van der Waals surface area contributed by atoms with Gasteiger partial charge in [0.2, 0.25) is 11.9 Å². The van der Waals surface area contributed by atoms with Crippen LogP contribution in [-0.2, 0) is 4.79 Å². The maximum atomic E-state index is 12.4. The number of benzene rings is 1. The number of amides is 1. The average molecular weight is 282 g/mol. The molecule has 0 saturated carbocycles. The van der Waals surface area contributed by atoms with E-state index in [9.17, 15) is 4.79 Å². The van der Waals surface area contributed by atoms with Crippen LogP contribution in [0.2, 0.25) is 0 Å². The lowest BCUT2D eigenvalue weighted by Gasteiger charge is -2.31. The van der Waals surface area contributed by atoms with Gasteiger partial charge in [-0.15, -0.1) is 0 Å². The Bertz CT molecular complexity index is 588. The number of piperidine rings is 1. The highest BCUT2D eigenvalue weighted by molar-refractivity contribution is 5.93. The fourth-order valence-corrected chi connectivity index (χ4v) is 2.59. The van der Waals surface area contributed by atoms with Crippen molar-refractivity contribution in [3.8, 4) is 0 Å². The summed E-state index contributed by atoms with van der Waals surface area (Å²) in [5.74, 6) is 0.749. The molecule has 1 aromatic carbocycles. The fourth-order valence-electron chi connectivity index (χ4n) is 2.59. The maximum absolute atomic E-state index is 12.4. The number of carbonyl (C=O) groups excluding carboxylic acids is 1. The number of carbonyl (C=O) groups is 1. The van der Waals surface area contributed by atoms with Crippen LogP contribution in [0.3, 0.4) is 0 Å². The van der Waals surface area contributed by atoms with E-state index in [1.54, 1.807) is 18.5 Å². The first-order valence-electron chi connectivity index (χ1n) is 7.21. The molecule has 5 heteroatoms. The van der Waals surface area contributed by atoms with E-state index in [2.05, 4.69) is 20.2 Å². The standard InChI is InChI=1S/C16H18N4O/c21-15(19-14-7-2-1-3-8-14)13-6-4-11-20(12-13)16-17-9-5-10-18-16/h1-3,5,7-10,13H,4,6,11-12H2,(H,19,21)/t13-/m0/s1. The third-order valence-corrected chi connectivity index (χ3v) is 3.67. The van der Waals surface area contributed by atoms with Gasteiger partial charge in [0.05, 0.1) is 5.92 Å². The molecule has 0 bridgehead atoms. The van der Waals surface area contributed by atoms with Gasteiger partial charge >= 0.3 is 0 Å². The minimum Gasteiger partial charge on any atom is -0.340 e. The van der Waals surface area contributed by atoms with Gasteiger partial charge in [-0.2, -0.15) is 0 Å². The summed E-state index contributed by atoms with van der Waals surface area (Å²) >= 11 is 0. The van der Waals surface area contributed by atoms with Crippen molar-refractivity contribution in [1.29, 1.82) is 0 Å². The molecule has 108 valence electrons. The molecule has 21 heavy (non-hydrogen) atoms. The van der Waals surface area contributed by atoms with Crippen LogP contribution in [0.15, 0.2) is 48.8 Å². The Morgan fingerprint density at radius 2 is 1.90 bits per heavy atom. The highest BCUT2D eigenvalue weighted by Gasteiger charge is 2.26. The molecule has 0 unspecified atom stereocenters. The summed E-state index contributed by atoms with van der Waals surface area (Å²) in [6.45, 7) is 1.57. The van der Waals surface area contributed by atoms with Crippen molar-refractivity contribution in [3.05, 3.63) is 48.8 Å². The topological polar surface area (TPSA) is 58.1 Å². The second kappa shape index (κ2) is 6.35. The lowest BCUT2D eigenvalue weighted by molar-refractivity contribution is -0.120. The van der Waals surface area contributed by atoms with Crippen LogP contribution in [0.25, 0.3) is 0 Å². The molecule has 5 nitrogen and oxygen atoms in total. The van der Waals surface area contributed by atoms with Crippen LogP contribution in [0.4, 0.5) is 11.6 Å². The highest BCUT2D eigenvalue weighted by Crippen LogP contribution is 2.21. The van der Waals surface area contributed by atoms with Gasteiger partial charge in [0.25, 0.3) is 0 Å². The number of para-hydroxylation sites is 1. The van der Waals surface area contributed by atoms with Gasteiger partial charge in [-0.1, -0.05) is 18.2 Å². The van der Waals surface area contributed by atoms with Crippen LogP contribution >= 0.6 is 0 Å². The molecule has 0 aliphatic carbocycles. The first kappa shape index (κ1) is 13.5. The molecule has 1 N–H and O–H groups in total. The van der Waals surface area contributed by atoms with E-state index in [1.165, 1.54) is 0 Å². The summed E-state index contributed by atoms with van der Waals surface area (Å²) in [4.78, 5) is 23.0. The molecule has 1 aliphatic rings. The van der Waals surface area contributed by atoms with Gasteiger partial charge in [0.1, 0.15) is 0 Å². The fraction of sp³-hybridized carbons (Fsp3) is 0.312. The summed E-state index contributed by atoms with van der Waals surface area (Å²) in [5.41, 5.74) is 0.843. The monoisotopic (exact) mass is 282 g/mol. The molecule has 0 radical (unpaired) electrons. The lowest BCUT2D eigenvalue weighted by atomic mass is 9.97. The molecule has 1 aromatic heterocycles. The van der Waals surface area contributed by atoms with Gasteiger partial charge in [0, 0.05) is 31.2 Å². The van der Waals surface area contributed by atoms with E-state index in [1.807, 2.05) is 30.3 Å². The zero-order valence-corrected chi connectivity index (χ0v) is 11.8. The van der Waals surface area contributed by atoms with Crippen molar-refractivity contribution in [3.63, 3.8) is 0 Å². The summed E-state index contributed by atoms with van der Waals surface area (Å²) in [6.07, 6.45) is 5.35. The van der Waals surface area contributed by atoms with Gasteiger partial charge in [-0.25, -0.2) is 9.97 Å². The summed E-state index contributed by atoms with van der Waals surface area (Å²) < 4.78 is 0. The first-order chi connectivity index (χ1) is 10.3. The highest BCUT2D eigenvalue weighted by atomic mass is 16.1. The van der Waals surface area contributed by atoms with E-state index in [0.717, 1.165) is 25.1 Å². The molecule has 1 fully saturated rings. The minimum absolute atomic E-state index is 0.0252. The molecule has 1 atom stereocenters. The molecule has 2 heterocycles. The van der Waals surface area contributed by atoms with Gasteiger partial charge in [0.15, 0.2) is 0 Å². The smallest absolute Gasteiger partial charge is 0.229 e. The second-order valence-corrected chi connectivity index (χ2v) is 5.19. The SMILES string of the molecule is O=C(Nc1ccccc1)[C@H]1CCCN(c2ncccn2)C1. The van der Waals surface area contributed by atoms with Crippen molar-refractivity contribution < 1.29 is 4.79 Å². The number of rotatable bonds is 3. The van der Waals surface area contributed by atoms with Gasteiger partial charge < -0.3 is 10.2 Å². The lowest BCUT2D eigenvalue weighted by Crippen LogP contribution is -2.41. The van der Waals surface area contributed by atoms with E-state index < -0.39 is 0 Å². The number of aromatic nitrogens is 2. The summed E-state index contributed by atoms with van der Waals surface area (Å²) in [5, 5.41) is 2.98. The summed E-state index contributed by atoms with van der Waals surface area (Å²) in [7, 11) is 0. The van der Waals surface area contributed by atoms with Crippen LogP contribution in [0.5, 0.6) is 0 Å². The zero-order chi connectivity index (χ0) is 14.5. The summed E-state index contributed by atoms with van der Waals surface area (Å²) in [6, 6.07) is 11.4. The molecule has 1 aliphatic heterocycles. The Hall–Kier alpha value is -2.43. The minimum atomic E-state index is -0.0252. The number of nitrogens with one attached hydrogen (secondary N) is 1. The molecule has 2 aromatic rings. The molecule has 1 amide bonds. The Balaban J connectivity index is 1.64. The predicted molar refractivity (Wildman–Crippen MR) is 82.0 cm³/mol. The normalized spacial score (nSPS) is 18.3. The van der Waals surface area contributed by atoms with Crippen LogP contribution in [0, 0.1) is 5.92 Å². The van der Waals surface area contributed by atoms with Crippen molar-refractivity contribution in [2.24, 2.45) is 5.92 Å². The molecule has 1 saturated heterocycles.